The normalized spacial score (nSPS) is 10.7. The van der Waals surface area contributed by atoms with Gasteiger partial charge in [-0.05, 0) is 30.7 Å². The average Bonchev–Trinajstić information content (AvgIpc) is 3.08. The number of anilines is 1. The Bertz CT molecular complexity index is 703. The highest BCUT2D eigenvalue weighted by Crippen LogP contribution is 2.23. The molecule has 7 heteroatoms. The van der Waals surface area contributed by atoms with E-state index >= 15 is 0 Å². The van der Waals surface area contributed by atoms with Gasteiger partial charge in [-0.2, -0.15) is 0 Å². The first kappa shape index (κ1) is 12.3. The first-order valence-electron chi connectivity index (χ1n) is 6.18. The van der Waals surface area contributed by atoms with Crippen molar-refractivity contribution in [3.8, 4) is 11.5 Å². The molecule has 2 heterocycles. The molecule has 0 unspecified atom stereocenters. The summed E-state index contributed by atoms with van der Waals surface area (Å²) >= 11 is 0. The SMILES string of the molecule is Cc1cc(-c2nnco2)ccc1NCc1cn(C)nn1. The van der Waals surface area contributed by atoms with E-state index in [1.807, 2.05) is 38.4 Å². The van der Waals surface area contributed by atoms with Crippen molar-refractivity contribution in [1.82, 2.24) is 25.2 Å². The van der Waals surface area contributed by atoms with Crippen LogP contribution in [-0.2, 0) is 13.6 Å². The Morgan fingerprint density at radius 2 is 2.20 bits per heavy atom. The minimum absolute atomic E-state index is 0.522. The lowest BCUT2D eigenvalue weighted by molar-refractivity contribution is 0.568. The zero-order chi connectivity index (χ0) is 13.9. The van der Waals surface area contributed by atoms with Crippen molar-refractivity contribution in [2.24, 2.45) is 7.05 Å². The van der Waals surface area contributed by atoms with Crippen LogP contribution in [-0.4, -0.2) is 25.2 Å². The summed E-state index contributed by atoms with van der Waals surface area (Å²) in [6.45, 7) is 2.66. The summed E-state index contributed by atoms with van der Waals surface area (Å²) in [7, 11) is 1.85. The molecule has 0 bridgehead atoms. The fourth-order valence-electron chi connectivity index (χ4n) is 1.96. The molecular weight excluding hydrogens is 256 g/mol. The standard InChI is InChI=1S/C13H14N6O/c1-9-5-10(13-17-15-8-20-13)3-4-12(9)14-6-11-7-19(2)18-16-11/h3-5,7-8,14H,6H2,1-2H3. The molecule has 7 nitrogen and oxygen atoms in total. The van der Waals surface area contributed by atoms with Gasteiger partial charge in [-0.15, -0.1) is 15.3 Å². The number of hydrogen-bond donors (Lipinski definition) is 1. The van der Waals surface area contributed by atoms with Crippen molar-refractivity contribution in [3.05, 3.63) is 42.0 Å². The maximum Gasteiger partial charge on any atom is 0.247 e. The van der Waals surface area contributed by atoms with Gasteiger partial charge >= 0.3 is 0 Å². The van der Waals surface area contributed by atoms with Crippen LogP contribution in [0.3, 0.4) is 0 Å². The number of aryl methyl sites for hydroxylation is 2. The lowest BCUT2D eigenvalue weighted by Gasteiger charge is -2.08. The van der Waals surface area contributed by atoms with Crippen molar-refractivity contribution >= 4 is 5.69 Å². The molecule has 102 valence electrons. The lowest BCUT2D eigenvalue weighted by atomic mass is 10.1. The summed E-state index contributed by atoms with van der Waals surface area (Å²) < 4.78 is 6.87. The second-order valence-electron chi connectivity index (χ2n) is 4.51. The maximum absolute atomic E-state index is 5.18. The zero-order valence-corrected chi connectivity index (χ0v) is 11.2. The van der Waals surface area contributed by atoms with Crippen molar-refractivity contribution in [2.75, 3.05) is 5.32 Å². The van der Waals surface area contributed by atoms with Crippen LogP contribution in [0, 0.1) is 6.92 Å². The molecule has 0 spiro atoms. The Balaban J connectivity index is 1.74. The van der Waals surface area contributed by atoms with E-state index in [0.29, 0.717) is 12.4 Å². The van der Waals surface area contributed by atoms with Gasteiger partial charge in [0, 0.05) is 24.5 Å². The van der Waals surface area contributed by atoms with Gasteiger partial charge in [0.2, 0.25) is 12.3 Å². The van der Waals surface area contributed by atoms with Gasteiger partial charge in [0.15, 0.2) is 0 Å². The number of nitrogens with one attached hydrogen (secondary N) is 1. The topological polar surface area (TPSA) is 81.7 Å². The summed E-state index contributed by atoms with van der Waals surface area (Å²) in [5, 5.41) is 18.8. The van der Waals surface area contributed by atoms with E-state index < -0.39 is 0 Å². The molecule has 1 N–H and O–H groups in total. The molecule has 0 radical (unpaired) electrons. The second-order valence-corrected chi connectivity index (χ2v) is 4.51. The monoisotopic (exact) mass is 270 g/mol. The first-order valence-corrected chi connectivity index (χ1v) is 6.18. The van der Waals surface area contributed by atoms with Crippen molar-refractivity contribution < 1.29 is 4.42 Å². The Labute approximate surface area is 115 Å². The van der Waals surface area contributed by atoms with E-state index in [1.165, 1.54) is 6.39 Å². The molecule has 0 saturated heterocycles. The number of hydrogen-bond acceptors (Lipinski definition) is 6. The molecular formula is C13H14N6O. The molecule has 1 aromatic carbocycles. The number of aromatic nitrogens is 5. The van der Waals surface area contributed by atoms with Crippen molar-refractivity contribution in [2.45, 2.75) is 13.5 Å². The number of nitrogens with zero attached hydrogens (tertiary/aromatic N) is 5. The fraction of sp³-hybridized carbons (Fsp3) is 0.231. The predicted molar refractivity (Wildman–Crippen MR) is 72.8 cm³/mol. The first-order chi connectivity index (χ1) is 9.72. The third-order valence-corrected chi connectivity index (χ3v) is 2.94. The van der Waals surface area contributed by atoms with Crippen LogP contribution in [0.5, 0.6) is 0 Å². The quantitative estimate of drug-likeness (QED) is 0.778. The zero-order valence-electron chi connectivity index (χ0n) is 11.2. The summed E-state index contributed by atoms with van der Waals surface area (Å²) in [6.07, 6.45) is 3.21. The minimum Gasteiger partial charge on any atom is -0.423 e. The smallest absolute Gasteiger partial charge is 0.247 e. The molecule has 3 aromatic rings. The van der Waals surface area contributed by atoms with E-state index in [1.54, 1.807) is 4.68 Å². The van der Waals surface area contributed by atoms with E-state index in [0.717, 1.165) is 22.5 Å². The molecule has 2 aromatic heterocycles. The van der Waals surface area contributed by atoms with Crippen LogP contribution >= 0.6 is 0 Å². The van der Waals surface area contributed by atoms with Gasteiger partial charge in [-0.25, -0.2) is 0 Å². The third-order valence-electron chi connectivity index (χ3n) is 2.94. The Kier molecular flexibility index (Phi) is 3.16. The second kappa shape index (κ2) is 5.12. The predicted octanol–water partition coefficient (Wildman–Crippen LogP) is 1.79. The van der Waals surface area contributed by atoms with E-state index in [2.05, 4.69) is 25.8 Å². The van der Waals surface area contributed by atoms with Gasteiger partial charge in [0.05, 0.1) is 6.54 Å². The summed E-state index contributed by atoms with van der Waals surface area (Å²) in [6, 6.07) is 5.94. The maximum atomic E-state index is 5.18. The van der Waals surface area contributed by atoms with E-state index in [-0.39, 0.29) is 0 Å². The van der Waals surface area contributed by atoms with E-state index in [9.17, 15) is 0 Å². The van der Waals surface area contributed by atoms with Crippen LogP contribution in [0.1, 0.15) is 11.3 Å². The fourth-order valence-corrected chi connectivity index (χ4v) is 1.96. The average molecular weight is 270 g/mol. The molecule has 0 aliphatic carbocycles. The van der Waals surface area contributed by atoms with Gasteiger partial charge in [0.1, 0.15) is 5.69 Å². The summed E-state index contributed by atoms with van der Waals surface area (Å²) in [4.78, 5) is 0. The Morgan fingerprint density at radius 1 is 1.30 bits per heavy atom. The minimum atomic E-state index is 0.522. The largest absolute Gasteiger partial charge is 0.423 e. The van der Waals surface area contributed by atoms with Crippen LogP contribution in [0.15, 0.2) is 35.2 Å². The van der Waals surface area contributed by atoms with Gasteiger partial charge in [-0.3, -0.25) is 4.68 Å². The molecule has 0 fully saturated rings. The molecule has 0 aliphatic heterocycles. The molecule has 3 rings (SSSR count). The lowest BCUT2D eigenvalue weighted by Crippen LogP contribution is -2.01. The number of rotatable bonds is 4. The third kappa shape index (κ3) is 2.51. The summed E-state index contributed by atoms with van der Waals surface area (Å²) in [5.41, 5.74) is 3.95. The Hall–Kier alpha value is -2.70. The molecule has 20 heavy (non-hydrogen) atoms. The van der Waals surface area contributed by atoms with Crippen LogP contribution in [0.4, 0.5) is 5.69 Å². The molecule has 0 saturated carbocycles. The van der Waals surface area contributed by atoms with Crippen LogP contribution in [0.2, 0.25) is 0 Å². The highest BCUT2D eigenvalue weighted by Gasteiger charge is 2.06. The Morgan fingerprint density at radius 3 is 2.85 bits per heavy atom. The van der Waals surface area contributed by atoms with Crippen molar-refractivity contribution in [1.29, 1.82) is 0 Å². The number of benzene rings is 1. The van der Waals surface area contributed by atoms with E-state index in [4.69, 9.17) is 4.42 Å². The van der Waals surface area contributed by atoms with Gasteiger partial charge < -0.3 is 9.73 Å². The van der Waals surface area contributed by atoms with Gasteiger partial charge in [-0.1, -0.05) is 5.21 Å². The van der Waals surface area contributed by atoms with Crippen LogP contribution in [0.25, 0.3) is 11.5 Å². The highest BCUT2D eigenvalue weighted by atomic mass is 16.4. The van der Waals surface area contributed by atoms with Gasteiger partial charge in [0.25, 0.3) is 0 Å². The van der Waals surface area contributed by atoms with Crippen LogP contribution < -0.4 is 5.32 Å². The molecule has 0 amide bonds. The summed E-state index contributed by atoms with van der Waals surface area (Å²) in [5.74, 6) is 0.522. The highest BCUT2D eigenvalue weighted by molar-refractivity contribution is 5.62. The molecule has 0 atom stereocenters. The molecule has 0 aliphatic rings. The van der Waals surface area contributed by atoms with Crippen molar-refractivity contribution in [3.63, 3.8) is 0 Å².